The summed E-state index contributed by atoms with van der Waals surface area (Å²) in [5.41, 5.74) is 0.345. The Bertz CT molecular complexity index is 344. The molecule has 0 radical (unpaired) electrons. The largest absolute Gasteiger partial charge is 1.00 e. The molecule has 0 amide bonds. The molecule has 0 aliphatic carbocycles. The molecule has 0 aliphatic rings. The average molecular weight is 312 g/mol. The van der Waals surface area contributed by atoms with Crippen LogP contribution < -0.4 is 17.0 Å². The highest BCUT2D eigenvalue weighted by molar-refractivity contribution is 5.24. The van der Waals surface area contributed by atoms with E-state index in [1.165, 1.54) is 0 Å². The minimum Gasteiger partial charge on any atom is -1.00 e. The van der Waals surface area contributed by atoms with Gasteiger partial charge in [0.25, 0.3) is 0 Å². The zero-order chi connectivity index (χ0) is 12.4. The Hall–Kier alpha value is -0.550. The van der Waals surface area contributed by atoms with E-state index >= 15 is 0 Å². The standard InChI is InChI=1S/C12H17F3N.BrH/c1-4-16(2,3)9-10-5-7-11(8-6-10)12(13,14)15;/h5-8H,4,9H2,1-3H3;1H/q+1;/p-1. The Morgan fingerprint density at radius 3 is 1.88 bits per heavy atom. The van der Waals surface area contributed by atoms with Crippen molar-refractivity contribution >= 4 is 0 Å². The number of hydrogen-bond donors (Lipinski definition) is 0. The molecular formula is C12H17BrF3N. The lowest BCUT2D eigenvalue weighted by Gasteiger charge is -2.28. The highest BCUT2D eigenvalue weighted by Crippen LogP contribution is 2.29. The van der Waals surface area contributed by atoms with E-state index in [9.17, 15) is 13.2 Å². The fourth-order valence-corrected chi connectivity index (χ4v) is 1.41. The predicted octanol–water partition coefficient (Wildman–Crippen LogP) is 0.306. The molecule has 0 aromatic heterocycles. The molecule has 0 N–H and O–H groups in total. The second-order valence-corrected chi connectivity index (χ2v) is 4.60. The lowest BCUT2D eigenvalue weighted by Crippen LogP contribution is -3.00. The van der Waals surface area contributed by atoms with Gasteiger partial charge >= 0.3 is 6.18 Å². The van der Waals surface area contributed by atoms with Crippen molar-refractivity contribution in [2.45, 2.75) is 19.6 Å². The molecule has 17 heavy (non-hydrogen) atoms. The Morgan fingerprint density at radius 2 is 1.53 bits per heavy atom. The molecule has 0 saturated heterocycles. The molecule has 1 rings (SSSR count). The molecule has 0 saturated carbocycles. The smallest absolute Gasteiger partial charge is 0.416 e. The van der Waals surface area contributed by atoms with E-state index in [4.69, 9.17) is 0 Å². The van der Waals surface area contributed by atoms with Gasteiger partial charge in [0.2, 0.25) is 0 Å². The van der Waals surface area contributed by atoms with Gasteiger partial charge in [0, 0.05) is 5.56 Å². The van der Waals surface area contributed by atoms with Crippen LogP contribution in [-0.2, 0) is 12.7 Å². The van der Waals surface area contributed by atoms with Crippen LogP contribution in [0.5, 0.6) is 0 Å². The molecule has 0 bridgehead atoms. The monoisotopic (exact) mass is 311 g/mol. The maximum Gasteiger partial charge on any atom is 0.416 e. The fraction of sp³-hybridized carbons (Fsp3) is 0.500. The average Bonchev–Trinajstić information content (AvgIpc) is 2.16. The van der Waals surface area contributed by atoms with Crippen LogP contribution in [0, 0.1) is 0 Å². The van der Waals surface area contributed by atoms with Crippen LogP contribution in [0.15, 0.2) is 24.3 Å². The molecule has 1 nitrogen and oxygen atoms in total. The maximum atomic E-state index is 12.3. The van der Waals surface area contributed by atoms with Gasteiger partial charge in [-0.15, -0.1) is 0 Å². The summed E-state index contributed by atoms with van der Waals surface area (Å²) in [4.78, 5) is 0. The summed E-state index contributed by atoms with van der Waals surface area (Å²) in [5, 5.41) is 0. The first-order valence-electron chi connectivity index (χ1n) is 5.23. The molecule has 0 fully saturated rings. The first-order chi connectivity index (χ1) is 7.24. The zero-order valence-corrected chi connectivity index (χ0v) is 11.8. The number of benzene rings is 1. The number of alkyl halides is 3. The van der Waals surface area contributed by atoms with Gasteiger partial charge in [-0.25, -0.2) is 0 Å². The Kier molecular flexibility index (Phi) is 5.68. The molecule has 0 atom stereocenters. The quantitative estimate of drug-likeness (QED) is 0.705. The van der Waals surface area contributed by atoms with Crippen molar-refractivity contribution in [1.29, 1.82) is 0 Å². The van der Waals surface area contributed by atoms with E-state index in [0.717, 1.165) is 35.3 Å². The minimum absolute atomic E-state index is 0. The number of rotatable bonds is 3. The van der Waals surface area contributed by atoms with Crippen molar-refractivity contribution in [3.05, 3.63) is 35.4 Å². The Balaban J connectivity index is 0.00000256. The van der Waals surface area contributed by atoms with Gasteiger partial charge in [0.05, 0.1) is 26.2 Å². The van der Waals surface area contributed by atoms with Gasteiger partial charge in [-0.05, 0) is 19.1 Å². The minimum atomic E-state index is -4.24. The van der Waals surface area contributed by atoms with E-state index in [-0.39, 0.29) is 17.0 Å². The third kappa shape index (κ3) is 5.08. The van der Waals surface area contributed by atoms with E-state index in [0.29, 0.717) is 0 Å². The molecule has 0 aliphatic heterocycles. The second-order valence-electron chi connectivity index (χ2n) is 4.60. The molecular weight excluding hydrogens is 295 g/mol. The summed E-state index contributed by atoms with van der Waals surface area (Å²) < 4.78 is 37.7. The predicted molar refractivity (Wildman–Crippen MR) is 57.8 cm³/mol. The number of halogens is 4. The number of quaternary nitrogens is 1. The third-order valence-corrected chi connectivity index (χ3v) is 2.75. The first-order valence-corrected chi connectivity index (χ1v) is 5.23. The van der Waals surface area contributed by atoms with Crippen molar-refractivity contribution in [1.82, 2.24) is 0 Å². The maximum absolute atomic E-state index is 12.3. The lowest BCUT2D eigenvalue weighted by atomic mass is 10.1. The van der Waals surface area contributed by atoms with Gasteiger partial charge in [-0.3, -0.25) is 0 Å². The van der Waals surface area contributed by atoms with Gasteiger partial charge in [0.15, 0.2) is 0 Å². The molecule has 5 heteroatoms. The van der Waals surface area contributed by atoms with Crippen molar-refractivity contribution in [3.63, 3.8) is 0 Å². The molecule has 1 aromatic carbocycles. The molecule has 98 valence electrons. The zero-order valence-electron chi connectivity index (χ0n) is 10.2. The van der Waals surface area contributed by atoms with Crippen molar-refractivity contribution in [3.8, 4) is 0 Å². The summed E-state index contributed by atoms with van der Waals surface area (Å²) >= 11 is 0. The van der Waals surface area contributed by atoms with Crippen molar-refractivity contribution < 1.29 is 34.6 Å². The van der Waals surface area contributed by atoms with Crippen LogP contribution in [0.4, 0.5) is 13.2 Å². The third-order valence-electron chi connectivity index (χ3n) is 2.75. The summed E-state index contributed by atoms with van der Waals surface area (Å²) in [6, 6.07) is 5.40. The van der Waals surface area contributed by atoms with Gasteiger partial charge in [-0.1, -0.05) is 12.1 Å². The number of nitrogens with zero attached hydrogens (tertiary/aromatic N) is 1. The number of hydrogen-bond acceptors (Lipinski definition) is 0. The van der Waals surface area contributed by atoms with Crippen molar-refractivity contribution in [2.75, 3.05) is 20.6 Å². The van der Waals surface area contributed by atoms with Crippen LogP contribution in [0.25, 0.3) is 0 Å². The lowest BCUT2D eigenvalue weighted by molar-refractivity contribution is -0.901. The first kappa shape index (κ1) is 16.4. The Morgan fingerprint density at radius 1 is 1.06 bits per heavy atom. The van der Waals surface area contributed by atoms with E-state index < -0.39 is 11.7 Å². The van der Waals surface area contributed by atoms with Crippen LogP contribution in [0.1, 0.15) is 18.1 Å². The van der Waals surface area contributed by atoms with Gasteiger partial charge in [-0.2, -0.15) is 13.2 Å². The second kappa shape index (κ2) is 5.87. The van der Waals surface area contributed by atoms with E-state index in [1.807, 2.05) is 0 Å². The van der Waals surface area contributed by atoms with E-state index in [2.05, 4.69) is 21.0 Å². The summed E-state index contributed by atoms with van der Waals surface area (Å²) in [6.07, 6.45) is -4.24. The van der Waals surface area contributed by atoms with Crippen LogP contribution >= 0.6 is 0 Å². The van der Waals surface area contributed by atoms with Gasteiger partial charge < -0.3 is 21.5 Å². The SMILES string of the molecule is CC[N+](C)(C)Cc1ccc(C(F)(F)F)cc1.[Br-]. The van der Waals surface area contributed by atoms with E-state index in [1.54, 1.807) is 12.1 Å². The molecule has 0 spiro atoms. The fourth-order valence-electron chi connectivity index (χ4n) is 1.41. The van der Waals surface area contributed by atoms with Crippen LogP contribution in [0.3, 0.4) is 0 Å². The van der Waals surface area contributed by atoms with Crippen LogP contribution in [0.2, 0.25) is 0 Å². The topological polar surface area (TPSA) is 0 Å². The van der Waals surface area contributed by atoms with Gasteiger partial charge in [0.1, 0.15) is 6.54 Å². The molecule has 1 aromatic rings. The van der Waals surface area contributed by atoms with Crippen molar-refractivity contribution in [2.24, 2.45) is 0 Å². The summed E-state index contributed by atoms with van der Waals surface area (Å²) in [5.74, 6) is 0. The summed E-state index contributed by atoms with van der Waals surface area (Å²) in [6.45, 7) is 3.75. The summed E-state index contributed by atoms with van der Waals surface area (Å²) in [7, 11) is 4.11. The highest BCUT2D eigenvalue weighted by Gasteiger charge is 2.30. The molecule has 0 unspecified atom stereocenters. The highest BCUT2D eigenvalue weighted by atomic mass is 79.9. The normalized spacial score (nSPS) is 12.1. The molecule has 0 heterocycles. The van der Waals surface area contributed by atoms with Crippen LogP contribution in [-0.4, -0.2) is 25.1 Å². The Labute approximate surface area is 111 Å².